The van der Waals surface area contributed by atoms with E-state index >= 15 is 0 Å². The lowest BCUT2D eigenvalue weighted by Crippen LogP contribution is -2.28. The summed E-state index contributed by atoms with van der Waals surface area (Å²) >= 11 is 0. The van der Waals surface area contributed by atoms with E-state index in [1.165, 1.54) is 24.3 Å². The van der Waals surface area contributed by atoms with Gasteiger partial charge in [-0.1, -0.05) is 13.3 Å². The zero-order valence-electron chi connectivity index (χ0n) is 17.1. The van der Waals surface area contributed by atoms with Gasteiger partial charge in [-0.25, -0.2) is 17.5 Å². The van der Waals surface area contributed by atoms with Crippen molar-refractivity contribution in [1.82, 2.24) is 14.9 Å². The average Bonchev–Trinajstić information content (AvgIpc) is 2.78. The van der Waals surface area contributed by atoms with Crippen LogP contribution in [0.3, 0.4) is 0 Å². The van der Waals surface area contributed by atoms with Gasteiger partial charge in [0, 0.05) is 18.2 Å². The maximum absolute atomic E-state index is 13.0. The minimum Gasteiger partial charge on any atom is -0.494 e. The third-order valence-electron chi connectivity index (χ3n) is 4.32. The second kappa shape index (κ2) is 10.8. The lowest BCUT2D eigenvalue weighted by Gasteiger charge is -2.09. The summed E-state index contributed by atoms with van der Waals surface area (Å²) in [6.07, 6.45) is 1.98. The van der Waals surface area contributed by atoms with Crippen LogP contribution >= 0.6 is 0 Å². The molecular weight excluding hydrogens is 421 g/mol. The van der Waals surface area contributed by atoms with Crippen LogP contribution < -0.4 is 14.2 Å². The zero-order valence-corrected chi connectivity index (χ0v) is 17.9. The molecule has 3 aromatic rings. The summed E-state index contributed by atoms with van der Waals surface area (Å²) in [5, 5.41) is 7.99. The molecule has 0 saturated heterocycles. The Bertz CT molecular complexity index is 1060. The molecule has 164 valence electrons. The summed E-state index contributed by atoms with van der Waals surface area (Å²) in [6.45, 7) is 2.83. The second-order valence-corrected chi connectivity index (χ2v) is 8.45. The molecule has 2 aromatic carbocycles. The molecule has 7 nitrogen and oxygen atoms in total. The van der Waals surface area contributed by atoms with Crippen LogP contribution in [-0.4, -0.2) is 38.4 Å². The molecule has 0 unspecified atom stereocenters. The Labute approximate surface area is 181 Å². The molecule has 0 atom stereocenters. The monoisotopic (exact) mass is 445 g/mol. The lowest BCUT2D eigenvalue weighted by molar-refractivity contribution is 0.307. The molecule has 0 aliphatic heterocycles. The van der Waals surface area contributed by atoms with E-state index in [1.54, 1.807) is 36.4 Å². The third kappa shape index (κ3) is 6.73. The standard InChI is InChI=1S/C22H24FN3O4S/c1-2-3-15-29-19-8-10-20(11-9-19)31(27,28)24-14-16-30-22-13-12-21(25-26-22)17-4-6-18(23)7-5-17/h4-13,24H,2-3,14-16H2,1H3. The Balaban J connectivity index is 1.46. The van der Waals surface area contributed by atoms with Crippen molar-refractivity contribution in [3.05, 3.63) is 66.5 Å². The van der Waals surface area contributed by atoms with Crippen LogP contribution in [0.4, 0.5) is 4.39 Å². The molecule has 3 rings (SSSR count). The van der Waals surface area contributed by atoms with E-state index in [9.17, 15) is 12.8 Å². The van der Waals surface area contributed by atoms with Crippen molar-refractivity contribution in [2.45, 2.75) is 24.7 Å². The van der Waals surface area contributed by atoms with E-state index in [2.05, 4.69) is 21.8 Å². The van der Waals surface area contributed by atoms with E-state index in [0.29, 0.717) is 18.1 Å². The first kappa shape index (κ1) is 22.6. The highest BCUT2D eigenvalue weighted by atomic mass is 32.2. The summed E-state index contributed by atoms with van der Waals surface area (Å²) in [5.41, 5.74) is 1.31. The lowest BCUT2D eigenvalue weighted by atomic mass is 10.1. The molecule has 0 radical (unpaired) electrons. The largest absolute Gasteiger partial charge is 0.494 e. The van der Waals surface area contributed by atoms with Gasteiger partial charge in [0.2, 0.25) is 15.9 Å². The third-order valence-corrected chi connectivity index (χ3v) is 5.80. The van der Waals surface area contributed by atoms with Crippen molar-refractivity contribution < 1.29 is 22.3 Å². The quantitative estimate of drug-likeness (QED) is 0.451. The van der Waals surface area contributed by atoms with Crippen molar-refractivity contribution in [1.29, 1.82) is 0 Å². The van der Waals surface area contributed by atoms with Crippen molar-refractivity contribution in [3.63, 3.8) is 0 Å². The first-order valence-electron chi connectivity index (χ1n) is 9.93. The van der Waals surface area contributed by atoms with E-state index in [4.69, 9.17) is 9.47 Å². The van der Waals surface area contributed by atoms with Gasteiger partial charge >= 0.3 is 0 Å². The van der Waals surface area contributed by atoms with Crippen LogP contribution in [0, 0.1) is 5.82 Å². The number of rotatable bonds is 11. The molecule has 0 amide bonds. The van der Waals surface area contributed by atoms with Gasteiger partial charge in [-0.3, -0.25) is 0 Å². The van der Waals surface area contributed by atoms with Gasteiger partial charge in [-0.15, -0.1) is 10.2 Å². The van der Waals surface area contributed by atoms with Gasteiger partial charge in [0.05, 0.1) is 17.2 Å². The molecule has 0 spiro atoms. The molecule has 1 heterocycles. The fourth-order valence-corrected chi connectivity index (χ4v) is 3.65. The van der Waals surface area contributed by atoms with Crippen LogP contribution in [0.5, 0.6) is 11.6 Å². The average molecular weight is 446 g/mol. The fraction of sp³-hybridized carbons (Fsp3) is 0.273. The molecule has 1 aromatic heterocycles. The Morgan fingerprint density at radius 2 is 1.65 bits per heavy atom. The molecule has 0 aliphatic carbocycles. The summed E-state index contributed by atoms with van der Waals surface area (Å²) < 4.78 is 51.2. The molecule has 9 heteroatoms. The predicted octanol–water partition coefficient (Wildman–Crippen LogP) is 3.82. The Morgan fingerprint density at radius 3 is 2.29 bits per heavy atom. The number of unbranched alkanes of at least 4 members (excludes halogenated alkanes) is 1. The van der Waals surface area contributed by atoms with E-state index < -0.39 is 10.0 Å². The molecule has 0 bridgehead atoms. The Hall–Kier alpha value is -3.04. The highest BCUT2D eigenvalue weighted by Gasteiger charge is 2.13. The number of sulfonamides is 1. The molecule has 1 N–H and O–H groups in total. The SMILES string of the molecule is CCCCOc1ccc(S(=O)(=O)NCCOc2ccc(-c3ccc(F)cc3)nn2)cc1. The molecule has 0 saturated carbocycles. The van der Waals surface area contributed by atoms with Gasteiger partial charge in [0.25, 0.3) is 0 Å². The Morgan fingerprint density at radius 1 is 0.903 bits per heavy atom. The highest BCUT2D eigenvalue weighted by Crippen LogP contribution is 2.18. The maximum Gasteiger partial charge on any atom is 0.240 e. The number of nitrogens with one attached hydrogen (secondary N) is 1. The number of nitrogens with zero attached hydrogens (tertiary/aromatic N) is 2. The van der Waals surface area contributed by atoms with E-state index in [-0.39, 0.29) is 29.7 Å². The number of aromatic nitrogens is 2. The smallest absolute Gasteiger partial charge is 0.240 e. The van der Waals surface area contributed by atoms with Crippen LogP contribution in [0.2, 0.25) is 0 Å². The minimum atomic E-state index is -3.66. The van der Waals surface area contributed by atoms with Crippen molar-refractivity contribution >= 4 is 10.0 Å². The second-order valence-electron chi connectivity index (χ2n) is 6.68. The topological polar surface area (TPSA) is 90.4 Å². The number of hydrogen-bond donors (Lipinski definition) is 1. The summed E-state index contributed by atoms with van der Waals surface area (Å²) in [4.78, 5) is 0.152. The van der Waals surface area contributed by atoms with Gasteiger partial charge in [0.1, 0.15) is 18.2 Å². The van der Waals surface area contributed by atoms with Gasteiger partial charge in [-0.2, -0.15) is 0 Å². The highest BCUT2D eigenvalue weighted by molar-refractivity contribution is 7.89. The van der Waals surface area contributed by atoms with Crippen LogP contribution in [0.25, 0.3) is 11.3 Å². The molecular formula is C22H24FN3O4S. The van der Waals surface area contributed by atoms with Gasteiger partial charge in [0.15, 0.2) is 0 Å². The normalized spacial score (nSPS) is 11.3. The minimum absolute atomic E-state index is 0.0679. The van der Waals surface area contributed by atoms with Crippen LogP contribution in [0.1, 0.15) is 19.8 Å². The molecule has 0 fully saturated rings. The molecule has 31 heavy (non-hydrogen) atoms. The number of benzene rings is 2. The summed E-state index contributed by atoms with van der Waals surface area (Å²) in [6, 6.07) is 15.5. The number of hydrogen-bond acceptors (Lipinski definition) is 6. The first-order chi connectivity index (χ1) is 15.0. The predicted molar refractivity (Wildman–Crippen MR) is 115 cm³/mol. The van der Waals surface area contributed by atoms with Crippen molar-refractivity contribution in [2.75, 3.05) is 19.8 Å². The first-order valence-corrected chi connectivity index (χ1v) is 11.4. The van der Waals surface area contributed by atoms with Gasteiger partial charge < -0.3 is 9.47 Å². The Kier molecular flexibility index (Phi) is 7.91. The summed E-state index contributed by atoms with van der Waals surface area (Å²) in [5.74, 6) is 0.576. The van der Waals surface area contributed by atoms with Crippen LogP contribution in [-0.2, 0) is 10.0 Å². The fourth-order valence-electron chi connectivity index (χ4n) is 2.64. The summed E-state index contributed by atoms with van der Waals surface area (Å²) in [7, 11) is -3.66. The zero-order chi connectivity index (χ0) is 22.1. The van der Waals surface area contributed by atoms with E-state index in [1.807, 2.05) is 0 Å². The maximum atomic E-state index is 13.0. The van der Waals surface area contributed by atoms with Crippen LogP contribution in [0.15, 0.2) is 65.6 Å². The number of ether oxygens (including phenoxy) is 2. The number of halogens is 1. The molecule has 0 aliphatic rings. The van der Waals surface area contributed by atoms with Crippen molar-refractivity contribution in [2.24, 2.45) is 0 Å². The van der Waals surface area contributed by atoms with Crippen molar-refractivity contribution in [3.8, 4) is 22.9 Å². The van der Waals surface area contributed by atoms with Gasteiger partial charge in [-0.05, 0) is 61.0 Å². The van der Waals surface area contributed by atoms with E-state index in [0.717, 1.165) is 18.4 Å².